The normalized spacial score (nSPS) is 11.7. The minimum absolute atomic E-state index is 1.17. The highest BCUT2D eigenvalue weighted by atomic mass is 15.0. The molecule has 39 heavy (non-hydrogen) atoms. The molecule has 0 aliphatic rings. The fraction of sp³-hybridized carbons (Fsp3) is 0.0270. The van der Waals surface area contributed by atoms with E-state index >= 15 is 0 Å². The van der Waals surface area contributed by atoms with E-state index in [4.69, 9.17) is 0 Å². The Kier molecular flexibility index (Phi) is 4.77. The highest BCUT2D eigenvalue weighted by molar-refractivity contribution is 6.28. The molecule has 8 aromatic rings. The van der Waals surface area contributed by atoms with Crippen molar-refractivity contribution in [1.29, 1.82) is 0 Å². The number of aromatic nitrogens is 2. The Balaban J connectivity index is 1.29. The van der Waals surface area contributed by atoms with Crippen LogP contribution in [0.4, 0.5) is 0 Å². The number of hydrogen-bond acceptors (Lipinski definition) is 0. The third-order valence-corrected chi connectivity index (χ3v) is 8.16. The molecule has 0 radical (unpaired) electrons. The minimum atomic E-state index is 1.17. The summed E-state index contributed by atoms with van der Waals surface area (Å²) in [5, 5.41) is 5.24. The Morgan fingerprint density at radius 1 is 0.359 bits per heavy atom. The van der Waals surface area contributed by atoms with Crippen LogP contribution in [-0.4, -0.2) is 9.13 Å². The first-order chi connectivity index (χ1) is 19.3. The molecule has 0 spiro atoms. The van der Waals surface area contributed by atoms with E-state index < -0.39 is 0 Å². The van der Waals surface area contributed by atoms with Crippen molar-refractivity contribution >= 4 is 43.6 Å². The fourth-order valence-electron chi connectivity index (χ4n) is 6.28. The van der Waals surface area contributed by atoms with Crippen LogP contribution in [0.1, 0.15) is 0 Å². The molecule has 2 nitrogen and oxygen atoms in total. The summed E-state index contributed by atoms with van der Waals surface area (Å²) < 4.78 is 4.72. The van der Waals surface area contributed by atoms with Gasteiger partial charge >= 0.3 is 0 Å². The van der Waals surface area contributed by atoms with E-state index in [2.05, 4.69) is 156 Å². The largest absolute Gasteiger partial charge is 0.344 e. The first-order valence-corrected chi connectivity index (χ1v) is 13.4. The van der Waals surface area contributed by atoms with Crippen molar-refractivity contribution in [3.05, 3.63) is 140 Å². The van der Waals surface area contributed by atoms with Gasteiger partial charge in [-0.05, 0) is 58.7 Å². The van der Waals surface area contributed by atoms with Crippen molar-refractivity contribution in [2.24, 2.45) is 7.05 Å². The highest BCUT2D eigenvalue weighted by Crippen LogP contribution is 2.41. The van der Waals surface area contributed by atoms with E-state index in [1.54, 1.807) is 0 Å². The van der Waals surface area contributed by atoms with E-state index in [9.17, 15) is 0 Å². The Morgan fingerprint density at radius 3 is 1.49 bits per heavy atom. The maximum Gasteiger partial charge on any atom is 0.0548 e. The number of benzene rings is 6. The van der Waals surface area contributed by atoms with E-state index in [-0.39, 0.29) is 0 Å². The lowest BCUT2D eigenvalue weighted by Crippen LogP contribution is -1.94. The summed E-state index contributed by atoms with van der Waals surface area (Å²) in [4.78, 5) is 0. The fourth-order valence-corrected chi connectivity index (χ4v) is 6.28. The lowest BCUT2D eigenvalue weighted by molar-refractivity contribution is 1.01. The maximum atomic E-state index is 2.41. The molecule has 0 saturated heterocycles. The third kappa shape index (κ3) is 3.28. The predicted octanol–water partition coefficient (Wildman–Crippen LogP) is 9.76. The molecule has 6 aromatic carbocycles. The third-order valence-electron chi connectivity index (χ3n) is 8.16. The summed E-state index contributed by atoms with van der Waals surface area (Å²) >= 11 is 0. The molecular formula is C37H26N2. The lowest BCUT2D eigenvalue weighted by Gasteiger charge is -2.10. The van der Waals surface area contributed by atoms with Gasteiger partial charge in [-0.2, -0.15) is 0 Å². The average Bonchev–Trinajstić information content (AvgIpc) is 3.50. The maximum absolute atomic E-state index is 2.41. The van der Waals surface area contributed by atoms with Crippen LogP contribution in [0, 0.1) is 0 Å². The quantitative estimate of drug-likeness (QED) is 0.229. The zero-order chi connectivity index (χ0) is 25.9. The van der Waals surface area contributed by atoms with Crippen molar-refractivity contribution in [2.45, 2.75) is 0 Å². The van der Waals surface area contributed by atoms with Crippen molar-refractivity contribution in [2.75, 3.05) is 0 Å². The number of aryl methyl sites for hydroxylation is 1. The monoisotopic (exact) mass is 498 g/mol. The van der Waals surface area contributed by atoms with Gasteiger partial charge in [-0.3, -0.25) is 0 Å². The van der Waals surface area contributed by atoms with Crippen LogP contribution in [0.3, 0.4) is 0 Å². The summed E-state index contributed by atoms with van der Waals surface area (Å²) in [6.07, 6.45) is 0. The molecule has 0 aliphatic heterocycles. The predicted molar refractivity (Wildman–Crippen MR) is 166 cm³/mol. The first-order valence-electron chi connectivity index (χ1n) is 13.4. The molecule has 0 aliphatic carbocycles. The second-order valence-corrected chi connectivity index (χ2v) is 10.3. The van der Waals surface area contributed by atoms with Gasteiger partial charge < -0.3 is 9.13 Å². The molecule has 0 fully saturated rings. The lowest BCUT2D eigenvalue weighted by atomic mass is 10.0. The molecule has 0 N–H and O–H groups in total. The van der Waals surface area contributed by atoms with E-state index in [1.807, 2.05) is 0 Å². The van der Waals surface area contributed by atoms with E-state index in [1.165, 1.54) is 71.6 Å². The molecule has 0 unspecified atom stereocenters. The molecule has 0 saturated carbocycles. The summed E-state index contributed by atoms with van der Waals surface area (Å²) in [6, 6.07) is 50.4. The average molecular weight is 499 g/mol. The summed E-state index contributed by atoms with van der Waals surface area (Å²) in [5.74, 6) is 0. The second kappa shape index (κ2) is 8.47. The molecule has 8 rings (SSSR count). The number of fused-ring (bicyclic) bond motifs is 7. The van der Waals surface area contributed by atoms with Crippen LogP contribution >= 0.6 is 0 Å². The van der Waals surface area contributed by atoms with Gasteiger partial charge in [-0.25, -0.2) is 0 Å². The van der Waals surface area contributed by atoms with Crippen LogP contribution in [0.25, 0.3) is 71.6 Å². The van der Waals surface area contributed by atoms with Crippen LogP contribution in [0.2, 0.25) is 0 Å². The van der Waals surface area contributed by atoms with Crippen molar-refractivity contribution in [3.63, 3.8) is 0 Å². The van der Waals surface area contributed by atoms with Crippen LogP contribution in [-0.2, 0) is 7.05 Å². The van der Waals surface area contributed by atoms with E-state index in [0.717, 1.165) is 0 Å². The summed E-state index contributed by atoms with van der Waals surface area (Å²) in [5.41, 5.74) is 11.1. The first kappa shape index (κ1) is 22.0. The number of hydrogen-bond donors (Lipinski definition) is 0. The Labute approximate surface area is 227 Å². The number of rotatable bonds is 3. The topological polar surface area (TPSA) is 9.86 Å². The minimum Gasteiger partial charge on any atom is -0.344 e. The SMILES string of the molecule is Cn1c2ccccc2c2c3c4ccccc4n(-c4ccc(-c5ccc(-c6ccccc6)cc5)cc4)c3ccc21. The van der Waals surface area contributed by atoms with Crippen molar-refractivity contribution in [1.82, 2.24) is 9.13 Å². The molecule has 0 amide bonds. The molecule has 2 heterocycles. The van der Waals surface area contributed by atoms with Gasteiger partial charge in [-0.15, -0.1) is 0 Å². The molecule has 0 bridgehead atoms. The smallest absolute Gasteiger partial charge is 0.0548 e. The van der Waals surface area contributed by atoms with Gasteiger partial charge in [0.2, 0.25) is 0 Å². The molecule has 184 valence electrons. The van der Waals surface area contributed by atoms with Crippen molar-refractivity contribution < 1.29 is 0 Å². The molecule has 2 heteroatoms. The van der Waals surface area contributed by atoms with Crippen LogP contribution in [0.15, 0.2) is 140 Å². The standard InChI is InChI=1S/C37H26N2/c1-38-32-13-7-5-11-30(32)36-34(38)23-24-35-37(36)31-12-6-8-14-33(31)39(35)29-21-19-28(20-22-29)27-17-15-26(16-18-27)25-9-3-2-4-10-25/h2-24H,1H3. The van der Waals surface area contributed by atoms with Gasteiger partial charge in [0.15, 0.2) is 0 Å². The van der Waals surface area contributed by atoms with Gasteiger partial charge in [0.25, 0.3) is 0 Å². The van der Waals surface area contributed by atoms with Crippen LogP contribution < -0.4 is 0 Å². The Hall–Kier alpha value is -5.08. The molecule has 2 aromatic heterocycles. The zero-order valence-corrected chi connectivity index (χ0v) is 21.7. The Morgan fingerprint density at radius 2 is 0.821 bits per heavy atom. The Bertz CT molecular complexity index is 2140. The molecular weight excluding hydrogens is 472 g/mol. The number of para-hydroxylation sites is 2. The van der Waals surface area contributed by atoms with E-state index in [0.29, 0.717) is 0 Å². The summed E-state index contributed by atoms with van der Waals surface area (Å²) in [7, 11) is 2.17. The van der Waals surface area contributed by atoms with Crippen LogP contribution in [0.5, 0.6) is 0 Å². The van der Waals surface area contributed by atoms with Crippen molar-refractivity contribution in [3.8, 4) is 27.9 Å². The van der Waals surface area contributed by atoms with Gasteiger partial charge in [-0.1, -0.05) is 103 Å². The second-order valence-electron chi connectivity index (χ2n) is 10.3. The highest BCUT2D eigenvalue weighted by Gasteiger charge is 2.18. The van der Waals surface area contributed by atoms with Gasteiger partial charge in [0.1, 0.15) is 0 Å². The summed E-state index contributed by atoms with van der Waals surface area (Å²) in [6.45, 7) is 0. The van der Waals surface area contributed by atoms with Gasteiger partial charge in [0, 0.05) is 45.3 Å². The van der Waals surface area contributed by atoms with Gasteiger partial charge in [0.05, 0.1) is 11.0 Å². The zero-order valence-electron chi connectivity index (χ0n) is 21.7. The number of nitrogens with zero attached hydrogens (tertiary/aromatic N) is 2. The molecule has 0 atom stereocenters.